The first kappa shape index (κ1) is 18.0. The van der Waals surface area contributed by atoms with E-state index in [-0.39, 0.29) is 0 Å². The third kappa shape index (κ3) is 13.2. The van der Waals surface area contributed by atoms with Gasteiger partial charge in [-0.05, 0) is 32.6 Å². The normalized spacial score (nSPS) is 11.9. The van der Waals surface area contributed by atoms with Crippen molar-refractivity contribution in [2.24, 2.45) is 0 Å². The molecule has 0 fully saturated rings. The fourth-order valence-electron chi connectivity index (χ4n) is 1.99. The summed E-state index contributed by atoms with van der Waals surface area (Å²) in [6, 6.07) is 0. The third-order valence-electron chi connectivity index (χ3n) is 3.17. The molecule has 0 saturated heterocycles. The first-order chi connectivity index (χ1) is 9.35. The molecule has 0 aliphatic heterocycles. The van der Waals surface area contributed by atoms with Crippen LogP contribution in [0.15, 0.2) is 48.1 Å². The lowest BCUT2D eigenvalue weighted by atomic mass is 10.0. The Balaban J connectivity index is 4.18. The molecule has 0 aliphatic rings. The standard InChI is InChI=1S/C19H32/c1-4-7-10-11-12-15-18-19(16-13-8-5-2)17-14-9-6-3/h4,7,10-12,15,18H,5-6,8-9,13-14,16-17H2,1-3H3. The van der Waals surface area contributed by atoms with E-state index in [0.29, 0.717) is 0 Å². The van der Waals surface area contributed by atoms with E-state index in [1.54, 1.807) is 5.57 Å². The van der Waals surface area contributed by atoms with Crippen LogP contribution in [0.3, 0.4) is 0 Å². The zero-order valence-corrected chi connectivity index (χ0v) is 13.2. The molecule has 0 amide bonds. The summed E-state index contributed by atoms with van der Waals surface area (Å²) in [5.74, 6) is 0. The minimum Gasteiger partial charge on any atom is -0.0877 e. The van der Waals surface area contributed by atoms with Crippen molar-refractivity contribution in [1.82, 2.24) is 0 Å². The van der Waals surface area contributed by atoms with Gasteiger partial charge in [0.05, 0.1) is 0 Å². The Morgan fingerprint density at radius 3 is 1.74 bits per heavy atom. The largest absolute Gasteiger partial charge is 0.0877 e. The van der Waals surface area contributed by atoms with Gasteiger partial charge in [-0.3, -0.25) is 0 Å². The van der Waals surface area contributed by atoms with Gasteiger partial charge in [-0.15, -0.1) is 0 Å². The van der Waals surface area contributed by atoms with Gasteiger partial charge in [0.1, 0.15) is 0 Å². The fourth-order valence-corrected chi connectivity index (χ4v) is 1.99. The molecule has 0 saturated carbocycles. The Hall–Kier alpha value is -1.04. The van der Waals surface area contributed by atoms with Gasteiger partial charge in [0, 0.05) is 0 Å². The molecular weight excluding hydrogens is 228 g/mol. The van der Waals surface area contributed by atoms with Gasteiger partial charge in [0.2, 0.25) is 0 Å². The lowest BCUT2D eigenvalue weighted by molar-refractivity contribution is 0.659. The van der Waals surface area contributed by atoms with Crippen molar-refractivity contribution in [2.45, 2.75) is 72.1 Å². The van der Waals surface area contributed by atoms with Crippen molar-refractivity contribution < 1.29 is 0 Å². The van der Waals surface area contributed by atoms with E-state index in [2.05, 4.69) is 50.3 Å². The number of rotatable bonds is 11. The summed E-state index contributed by atoms with van der Waals surface area (Å²) in [6.45, 7) is 6.58. The molecule has 0 aliphatic carbocycles. The summed E-state index contributed by atoms with van der Waals surface area (Å²) in [5.41, 5.74) is 1.62. The van der Waals surface area contributed by atoms with Crippen LogP contribution in [0.5, 0.6) is 0 Å². The minimum atomic E-state index is 1.28. The molecule has 0 heteroatoms. The maximum atomic E-state index is 2.32. The molecule has 0 aromatic rings. The van der Waals surface area contributed by atoms with Crippen molar-refractivity contribution in [3.8, 4) is 0 Å². The highest BCUT2D eigenvalue weighted by molar-refractivity contribution is 5.18. The van der Waals surface area contributed by atoms with Crippen LogP contribution >= 0.6 is 0 Å². The molecule has 0 N–H and O–H groups in total. The maximum Gasteiger partial charge on any atom is -0.0317 e. The quantitative estimate of drug-likeness (QED) is 0.284. The summed E-state index contributed by atoms with van der Waals surface area (Å²) >= 11 is 0. The Morgan fingerprint density at radius 2 is 1.21 bits per heavy atom. The summed E-state index contributed by atoms with van der Waals surface area (Å²) < 4.78 is 0. The minimum absolute atomic E-state index is 1.28. The Bertz CT molecular complexity index is 277. The first-order valence-electron chi connectivity index (χ1n) is 7.99. The molecule has 0 aromatic heterocycles. The predicted octanol–water partition coefficient (Wildman–Crippen LogP) is 6.76. The van der Waals surface area contributed by atoms with E-state index in [1.807, 2.05) is 13.0 Å². The molecule has 0 heterocycles. The smallest absolute Gasteiger partial charge is 0.0317 e. The summed E-state index contributed by atoms with van der Waals surface area (Å²) in [6.07, 6.45) is 25.5. The second kappa shape index (κ2) is 15.0. The maximum absolute atomic E-state index is 2.32. The Labute approximate surface area is 121 Å². The van der Waals surface area contributed by atoms with E-state index in [1.165, 1.54) is 51.4 Å². The second-order valence-electron chi connectivity index (χ2n) is 5.03. The van der Waals surface area contributed by atoms with E-state index in [4.69, 9.17) is 0 Å². The van der Waals surface area contributed by atoms with Crippen molar-refractivity contribution in [2.75, 3.05) is 0 Å². The lowest BCUT2D eigenvalue weighted by Crippen LogP contribution is -1.86. The van der Waals surface area contributed by atoms with E-state index < -0.39 is 0 Å². The van der Waals surface area contributed by atoms with Gasteiger partial charge in [-0.25, -0.2) is 0 Å². The van der Waals surface area contributed by atoms with Crippen LogP contribution in [-0.2, 0) is 0 Å². The van der Waals surface area contributed by atoms with Crippen LogP contribution in [0.1, 0.15) is 72.1 Å². The van der Waals surface area contributed by atoms with Gasteiger partial charge in [0.15, 0.2) is 0 Å². The van der Waals surface area contributed by atoms with Gasteiger partial charge in [-0.1, -0.05) is 87.6 Å². The zero-order valence-electron chi connectivity index (χ0n) is 13.2. The summed E-state index contributed by atoms with van der Waals surface area (Å²) in [4.78, 5) is 0. The highest BCUT2D eigenvalue weighted by Crippen LogP contribution is 2.16. The molecule has 0 atom stereocenters. The van der Waals surface area contributed by atoms with Crippen molar-refractivity contribution >= 4 is 0 Å². The van der Waals surface area contributed by atoms with Crippen molar-refractivity contribution in [3.05, 3.63) is 48.1 Å². The molecule has 0 rings (SSSR count). The predicted molar refractivity (Wildman–Crippen MR) is 89.5 cm³/mol. The van der Waals surface area contributed by atoms with Crippen LogP contribution in [0, 0.1) is 0 Å². The van der Waals surface area contributed by atoms with Gasteiger partial charge in [0.25, 0.3) is 0 Å². The van der Waals surface area contributed by atoms with Crippen molar-refractivity contribution in [1.29, 1.82) is 0 Å². The third-order valence-corrected chi connectivity index (χ3v) is 3.17. The molecule has 0 spiro atoms. The van der Waals surface area contributed by atoms with Crippen molar-refractivity contribution in [3.63, 3.8) is 0 Å². The molecule has 0 unspecified atom stereocenters. The van der Waals surface area contributed by atoms with Crippen LogP contribution in [0.2, 0.25) is 0 Å². The molecule has 19 heavy (non-hydrogen) atoms. The molecule has 0 aromatic carbocycles. The zero-order chi connectivity index (χ0) is 14.2. The molecule has 0 nitrogen and oxygen atoms in total. The van der Waals surface area contributed by atoms with E-state index in [0.717, 1.165) is 0 Å². The summed E-state index contributed by atoms with van der Waals surface area (Å²) in [7, 11) is 0. The van der Waals surface area contributed by atoms with Crippen LogP contribution in [-0.4, -0.2) is 0 Å². The van der Waals surface area contributed by atoms with E-state index >= 15 is 0 Å². The number of hydrogen-bond acceptors (Lipinski definition) is 0. The second-order valence-corrected chi connectivity index (χ2v) is 5.03. The topological polar surface area (TPSA) is 0 Å². The fraction of sp³-hybridized carbons (Fsp3) is 0.579. The highest BCUT2D eigenvalue weighted by atomic mass is 14.0. The lowest BCUT2D eigenvalue weighted by Gasteiger charge is -2.06. The molecular formula is C19H32. The first-order valence-corrected chi connectivity index (χ1v) is 7.99. The molecule has 108 valence electrons. The average molecular weight is 260 g/mol. The summed E-state index contributed by atoms with van der Waals surface area (Å²) in [5, 5.41) is 0. The number of allylic oxidation sites excluding steroid dienone is 8. The Morgan fingerprint density at radius 1 is 0.684 bits per heavy atom. The van der Waals surface area contributed by atoms with Gasteiger partial charge in [-0.2, -0.15) is 0 Å². The number of unbranched alkanes of at least 4 members (excludes halogenated alkanes) is 4. The van der Waals surface area contributed by atoms with Crippen LogP contribution in [0.4, 0.5) is 0 Å². The Kier molecular flexibility index (Phi) is 14.2. The number of hydrogen-bond donors (Lipinski definition) is 0. The SMILES string of the molecule is CC=CC=CC=CC=C(CCCCC)CCCCC. The molecule has 0 radical (unpaired) electrons. The van der Waals surface area contributed by atoms with Gasteiger partial charge >= 0.3 is 0 Å². The van der Waals surface area contributed by atoms with E-state index in [9.17, 15) is 0 Å². The van der Waals surface area contributed by atoms with Crippen LogP contribution < -0.4 is 0 Å². The molecule has 0 bridgehead atoms. The highest BCUT2D eigenvalue weighted by Gasteiger charge is 1.96. The monoisotopic (exact) mass is 260 g/mol. The van der Waals surface area contributed by atoms with Crippen LogP contribution in [0.25, 0.3) is 0 Å². The van der Waals surface area contributed by atoms with Gasteiger partial charge < -0.3 is 0 Å². The average Bonchev–Trinajstić information content (AvgIpc) is 2.42.